The molecule has 2 aromatic carbocycles. The zero-order chi connectivity index (χ0) is 15.4. The number of halogens is 2. The lowest BCUT2D eigenvalue weighted by molar-refractivity contribution is -0.115. The fraction of sp³-hybridized carbons (Fsp3) is 0.0667. The van der Waals surface area contributed by atoms with Gasteiger partial charge >= 0.3 is 5.97 Å². The van der Waals surface area contributed by atoms with Crippen molar-refractivity contribution in [2.75, 3.05) is 5.32 Å². The van der Waals surface area contributed by atoms with E-state index in [0.29, 0.717) is 15.7 Å². The number of amides is 1. The Morgan fingerprint density at radius 2 is 1.81 bits per heavy atom. The number of nitrogens with one attached hydrogen (secondary N) is 1. The number of hydrogen-bond donors (Lipinski definition) is 2. The highest BCUT2D eigenvalue weighted by atomic mass is 35.5. The molecule has 21 heavy (non-hydrogen) atoms. The lowest BCUT2D eigenvalue weighted by atomic mass is 10.1. The van der Waals surface area contributed by atoms with Crippen LogP contribution < -0.4 is 5.32 Å². The number of aromatic carboxylic acids is 1. The minimum Gasteiger partial charge on any atom is -0.478 e. The fourth-order valence-electron chi connectivity index (χ4n) is 1.77. The van der Waals surface area contributed by atoms with Gasteiger partial charge in [-0.25, -0.2) is 4.79 Å². The quantitative estimate of drug-likeness (QED) is 0.897. The second-order valence-corrected chi connectivity index (χ2v) is 5.17. The highest BCUT2D eigenvalue weighted by Gasteiger charge is 2.08. The highest BCUT2D eigenvalue weighted by Crippen LogP contribution is 2.23. The number of rotatable bonds is 4. The van der Waals surface area contributed by atoms with E-state index in [9.17, 15) is 9.59 Å². The third-order valence-corrected chi connectivity index (χ3v) is 3.48. The van der Waals surface area contributed by atoms with Crippen LogP contribution in [-0.2, 0) is 11.2 Å². The Kier molecular flexibility index (Phi) is 4.83. The summed E-state index contributed by atoms with van der Waals surface area (Å²) in [5.41, 5.74) is 1.26. The van der Waals surface area contributed by atoms with Crippen LogP contribution in [0.5, 0.6) is 0 Å². The lowest BCUT2D eigenvalue weighted by Gasteiger charge is -2.07. The van der Waals surface area contributed by atoms with Gasteiger partial charge in [-0.15, -0.1) is 0 Å². The molecule has 108 valence electrons. The Labute approximate surface area is 131 Å². The number of carbonyl (C=O) groups is 2. The van der Waals surface area contributed by atoms with E-state index < -0.39 is 5.97 Å². The summed E-state index contributed by atoms with van der Waals surface area (Å²) in [5, 5.41) is 12.3. The maximum atomic E-state index is 11.9. The summed E-state index contributed by atoms with van der Waals surface area (Å²) in [4.78, 5) is 22.8. The summed E-state index contributed by atoms with van der Waals surface area (Å²) in [6, 6.07) is 11.0. The van der Waals surface area contributed by atoms with Crippen molar-refractivity contribution in [3.05, 3.63) is 63.6 Å². The number of anilines is 1. The number of carbonyl (C=O) groups excluding carboxylic acids is 1. The van der Waals surface area contributed by atoms with E-state index in [4.69, 9.17) is 28.3 Å². The molecule has 0 aliphatic rings. The Balaban J connectivity index is 2.06. The molecule has 0 aliphatic carbocycles. The van der Waals surface area contributed by atoms with Crippen LogP contribution in [0.2, 0.25) is 10.0 Å². The summed E-state index contributed by atoms with van der Waals surface area (Å²) in [7, 11) is 0. The van der Waals surface area contributed by atoms with Gasteiger partial charge in [0.05, 0.1) is 22.0 Å². The van der Waals surface area contributed by atoms with Crippen molar-refractivity contribution < 1.29 is 14.7 Å². The van der Waals surface area contributed by atoms with E-state index in [1.165, 1.54) is 12.1 Å². The largest absolute Gasteiger partial charge is 0.478 e. The van der Waals surface area contributed by atoms with Gasteiger partial charge in [0.15, 0.2) is 0 Å². The number of benzene rings is 2. The van der Waals surface area contributed by atoms with Crippen molar-refractivity contribution in [1.29, 1.82) is 0 Å². The first-order valence-corrected chi connectivity index (χ1v) is 6.78. The molecule has 0 aromatic heterocycles. The minimum atomic E-state index is -1.05. The first-order chi connectivity index (χ1) is 9.95. The molecule has 2 aromatic rings. The molecule has 0 heterocycles. The molecule has 0 unspecified atom stereocenters. The molecule has 0 spiro atoms. The van der Waals surface area contributed by atoms with E-state index in [2.05, 4.69) is 5.32 Å². The van der Waals surface area contributed by atoms with Crippen LogP contribution in [0.25, 0.3) is 0 Å². The third-order valence-electron chi connectivity index (χ3n) is 2.74. The maximum absolute atomic E-state index is 11.9. The van der Waals surface area contributed by atoms with Crippen LogP contribution in [-0.4, -0.2) is 17.0 Å². The van der Waals surface area contributed by atoms with Gasteiger partial charge in [0.25, 0.3) is 0 Å². The van der Waals surface area contributed by atoms with Crippen molar-refractivity contribution in [1.82, 2.24) is 0 Å². The molecule has 6 heteroatoms. The summed E-state index contributed by atoms with van der Waals surface area (Å²) < 4.78 is 0. The average molecular weight is 324 g/mol. The van der Waals surface area contributed by atoms with Crippen LogP contribution in [0.1, 0.15) is 15.9 Å². The average Bonchev–Trinajstić information content (AvgIpc) is 2.43. The summed E-state index contributed by atoms with van der Waals surface area (Å²) in [6.07, 6.45) is 0.119. The molecule has 0 atom stereocenters. The van der Waals surface area contributed by atoms with Crippen LogP contribution in [0, 0.1) is 0 Å². The Hall–Kier alpha value is -2.04. The standard InChI is InChI=1S/C15H11Cl2NO3/c16-12-5-4-9(6-13(12)17)7-14(19)18-11-3-1-2-10(8-11)15(20)21/h1-6,8H,7H2,(H,18,19)(H,20,21). The van der Waals surface area contributed by atoms with Crippen LogP contribution in [0.4, 0.5) is 5.69 Å². The first-order valence-electron chi connectivity index (χ1n) is 6.03. The van der Waals surface area contributed by atoms with Gasteiger partial charge in [0.2, 0.25) is 5.91 Å². The zero-order valence-corrected chi connectivity index (χ0v) is 12.3. The van der Waals surface area contributed by atoms with E-state index in [0.717, 1.165) is 5.56 Å². The SMILES string of the molecule is O=C(Cc1ccc(Cl)c(Cl)c1)Nc1cccc(C(=O)O)c1. The van der Waals surface area contributed by atoms with Crippen LogP contribution >= 0.6 is 23.2 Å². The molecule has 1 amide bonds. The van der Waals surface area contributed by atoms with Gasteiger partial charge in [-0.1, -0.05) is 35.3 Å². The topological polar surface area (TPSA) is 66.4 Å². The normalized spacial score (nSPS) is 10.2. The minimum absolute atomic E-state index is 0.113. The molecular weight excluding hydrogens is 313 g/mol. The molecule has 0 aliphatic heterocycles. The fourth-order valence-corrected chi connectivity index (χ4v) is 2.09. The van der Waals surface area contributed by atoms with Gasteiger partial charge in [-0.2, -0.15) is 0 Å². The molecule has 2 rings (SSSR count). The van der Waals surface area contributed by atoms with Crippen LogP contribution in [0.15, 0.2) is 42.5 Å². The van der Waals surface area contributed by atoms with Gasteiger partial charge in [-0.05, 0) is 35.9 Å². The smallest absolute Gasteiger partial charge is 0.335 e. The zero-order valence-electron chi connectivity index (χ0n) is 10.8. The molecule has 2 N–H and O–H groups in total. The van der Waals surface area contributed by atoms with Crippen LogP contribution in [0.3, 0.4) is 0 Å². The summed E-state index contributed by atoms with van der Waals surface area (Å²) in [6.45, 7) is 0. The number of carboxylic acid groups (broad SMARTS) is 1. The molecule has 0 radical (unpaired) electrons. The number of hydrogen-bond acceptors (Lipinski definition) is 2. The van der Waals surface area contributed by atoms with Crippen molar-refractivity contribution >= 4 is 40.8 Å². The molecule has 0 fully saturated rings. The summed E-state index contributed by atoms with van der Waals surface area (Å²) >= 11 is 11.7. The Morgan fingerprint density at radius 1 is 1.05 bits per heavy atom. The van der Waals surface area contributed by atoms with Crippen molar-refractivity contribution in [3.8, 4) is 0 Å². The predicted molar refractivity (Wildman–Crippen MR) is 82.2 cm³/mol. The van der Waals surface area contributed by atoms with Crippen molar-refractivity contribution in [2.45, 2.75) is 6.42 Å². The van der Waals surface area contributed by atoms with Gasteiger partial charge < -0.3 is 10.4 Å². The summed E-state index contributed by atoms with van der Waals surface area (Å²) in [5.74, 6) is -1.31. The lowest BCUT2D eigenvalue weighted by Crippen LogP contribution is -2.14. The second-order valence-electron chi connectivity index (χ2n) is 4.36. The maximum Gasteiger partial charge on any atom is 0.335 e. The molecule has 0 bridgehead atoms. The van der Waals surface area contributed by atoms with E-state index in [-0.39, 0.29) is 17.9 Å². The Bertz CT molecular complexity index is 701. The monoisotopic (exact) mass is 323 g/mol. The predicted octanol–water partition coefficient (Wildman–Crippen LogP) is 3.87. The molecule has 0 saturated heterocycles. The first kappa shape index (κ1) is 15.4. The molecule has 4 nitrogen and oxygen atoms in total. The second kappa shape index (κ2) is 6.61. The van der Waals surface area contributed by atoms with E-state index in [1.807, 2.05) is 0 Å². The molecule has 0 saturated carbocycles. The third kappa shape index (κ3) is 4.21. The number of carboxylic acids is 1. The highest BCUT2D eigenvalue weighted by molar-refractivity contribution is 6.42. The van der Waals surface area contributed by atoms with Gasteiger partial charge in [0, 0.05) is 5.69 Å². The van der Waals surface area contributed by atoms with E-state index in [1.54, 1.807) is 30.3 Å². The van der Waals surface area contributed by atoms with Crippen molar-refractivity contribution in [2.24, 2.45) is 0 Å². The van der Waals surface area contributed by atoms with E-state index >= 15 is 0 Å². The van der Waals surface area contributed by atoms with Gasteiger partial charge in [-0.3, -0.25) is 4.79 Å². The Morgan fingerprint density at radius 3 is 2.48 bits per heavy atom. The van der Waals surface area contributed by atoms with Crippen molar-refractivity contribution in [3.63, 3.8) is 0 Å². The molecular formula is C15H11Cl2NO3. The van der Waals surface area contributed by atoms with Gasteiger partial charge in [0.1, 0.15) is 0 Å².